The molecule has 5 nitrogen and oxygen atoms in total. The third-order valence-electron chi connectivity index (χ3n) is 5.14. The molecule has 2 aromatic rings. The summed E-state index contributed by atoms with van der Waals surface area (Å²) in [4.78, 5) is 14.9. The number of carbonyl (C=O) groups is 1. The minimum absolute atomic E-state index is 0.0885. The molecule has 130 valence electrons. The van der Waals surface area contributed by atoms with E-state index in [0.717, 1.165) is 48.1 Å². The molecule has 0 spiro atoms. The van der Waals surface area contributed by atoms with Crippen LogP contribution in [-0.4, -0.2) is 47.3 Å². The Hall–Kier alpha value is -2.01. The van der Waals surface area contributed by atoms with Crippen molar-refractivity contribution in [1.82, 2.24) is 9.47 Å². The molecule has 0 fully saturated rings. The van der Waals surface area contributed by atoms with Gasteiger partial charge in [0.25, 0.3) is 0 Å². The van der Waals surface area contributed by atoms with Crippen molar-refractivity contribution in [3.63, 3.8) is 0 Å². The molecule has 0 saturated carbocycles. The first kappa shape index (κ1) is 16.8. The Morgan fingerprint density at radius 3 is 2.75 bits per heavy atom. The van der Waals surface area contributed by atoms with Gasteiger partial charge in [-0.05, 0) is 50.5 Å². The second-order valence-electron chi connectivity index (χ2n) is 6.22. The van der Waals surface area contributed by atoms with Crippen LogP contribution < -0.4 is 4.74 Å². The number of aromatic nitrogens is 1. The van der Waals surface area contributed by atoms with E-state index in [2.05, 4.69) is 4.57 Å². The van der Waals surface area contributed by atoms with Gasteiger partial charge in [-0.2, -0.15) is 0 Å². The van der Waals surface area contributed by atoms with Crippen molar-refractivity contribution in [1.29, 1.82) is 0 Å². The van der Waals surface area contributed by atoms with Crippen LogP contribution in [0, 0.1) is 0 Å². The standard InChI is InChI=1S/C19H26N2O3/c1-4-20(5-2)19(23)14-7-9-17-18(14)15-12-13(24-3)6-8-16(15)21(17)10-11-22/h6,8,12,14,22H,4-5,7,9-11H2,1-3H3. The van der Waals surface area contributed by atoms with Crippen LogP contribution >= 0.6 is 0 Å². The average Bonchev–Trinajstić information content (AvgIpc) is 3.15. The van der Waals surface area contributed by atoms with Crippen molar-refractivity contribution >= 4 is 16.8 Å². The summed E-state index contributed by atoms with van der Waals surface area (Å²) in [6.07, 6.45) is 1.72. The zero-order valence-electron chi connectivity index (χ0n) is 14.7. The fourth-order valence-electron chi connectivity index (χ4n) is 3.98. The lowest BCUT2D eigenvalue weighted by Gasteiger charge is -2.23. The molecule has 1 heterocycles. The molecule has 0 aliphatic heterocycles. The molecule has 1 atom stereocenters. The lowest BCUT2D eigenvalue weighted by Crippen LogP contribution is -2.34. The number of hydrogen-bond donors (Lipinski definition) is 1. The fourth-order valence-corrected chi connectivity index (χ4v) is 3.98. The van der Waals surface area contributed by atoms with Gasteiger partial charge in [0, 0.05) is 36.2 Å². The number of fused-ring (bicyclic) bond motifs is 3. The Labute approximate surface area is 142 Å². The number of carbonyl (C=O) groups excluding carboxylic acids is 1. The quantitative estimate of drug-likeness (QED) is 0.885. The van der Waals surface area contributed by atoms with Crippen molar-refractivity contribution in [2.24, 2.45) is 0 Å². The number of methoxy groups -OCH3 is 1. The summed E-state index contributed by atoms with van der Waals surface area (Å²) in [5.74, 6) is 0.923. The maximum absolute atomic E-state index is 13.0. The molecule has 5 heteroatoms. The molecule has 3 rings (SSSR count). The van der Waals surface area contributed by atoms with Crippen LogP contribution in [0.2, 0.25) is 0 Å². The van der Waals surface area contributed by atoms with E-state index in [9.17, 15) is 9.90 Å². The van der Waals surface area contributed by atoms with Crippen LogP contribution in [-0.2, 0) is 17.8 Å². The van der Waals surface area contributed by atoms with E-state index in [0.29, 0.717) is 6.54 Å². The first-order valence-corrected chi connectivity index (χ1v) is 8.74. The molecule has 1 aliphatic carbocycles. The van der Waals surface area contributed by atoms with Gasteiger partial charge in [-0.25, -0.2) is 0 Å². The van der Waals surface area contributed by atoms with Gasteiger partial charge >= 0.3 is 0 Å². The molecule has 1 aliphatic rings. The maximum atomic E-state index is 13.0. The highest BCUT2D eigenvalue weighted by atomic mass is 16.5. The number of benzene rings is 1. The summed E-state index contributed by atoms with van der Waals surface area (Å²) in [6, 6.07) is 5.99. The van der Waals surface area contributed by atoms with E-state index in [-0.39, 0.29) is 18.4 Å². The van der Waals surface area contributed by atoms with Crippen molar-refractivity contribution in [2.75, 3.05) is 26.8 Å². The van der Waals surface area contributed by atoms with Gasteiger partial charge in [-0.1, -0.05) is 0 Å². The lowest BCUT2D eigenvalue weighted by molar-refractivity contribution is -0.132. The smallest absolute Gasteiger partial charge is 0.230 e. The monoisotopic (exact) mass is 330 g/mol. The minimum Gasteiger partial charge on any atom is -0.497 e. The summed E-state index contributed by atoms with van der Waals surface area (Å²) in [7, 11) is 1.66. The van der Waals surface area contributed by atoms with Gasteiger partial charge in [-0.3, -0.25) is 4.79 Å². The second-order valence-corrected chi connectivity index (χ2v) is 6.22. The van der Waals surface area contributed by atoms with Crippen molar-refractivity contribution in [3.8, 4) is 5.75 Å². The molecule has 1 aromatic heterocycles. The molecule has 1 N–H and O–H groups in total. The molecule has 0 saturated heterocycles. The van der Waals surface area contributed by atoms with Crippen molar-refractivity contribution in [2.45, 2.75) is 39.2 Å². The zero-order chi connectivity index (χ0) is 17.3. The third-order valence-corrected chi connectivity index (χ3v) is 5.14. The largest absolute Gasteiger partial charge is 0.497 e. The Bertz CT molecular complexity index is 747. The fraction of sp³-hybridized carbons (Fsp3) is 0.526. The van der Waals surface area contributed by atoms with Gasteiger partial charge in [-0.15, -0.1) is 0 Å². The van der Waals surface area contributed by atoms with Crippen LogP contribution in [0.4, 0.5) is 0 Å². The van der Waals surface area contributed by atoms with Gasteiger partial charge in [0.2, 0.25) is 5.91 Å². The highest BCUT2D eigenvalue weighted by molar-refractivity contribution is 5.95. The Morgan fingerprint density at radius 2 is 2.12 bits per heavy atom. The maximum Gasteiger partial charge on any atom is 0.230 e. The van der Waals surface area contributed by atoms with Crippen LogP contribution in [0.5, 0.6) is 5.75 Å². The van der Waals surface area contributed by atoms with Crippen LogP contribution in [0.15, 0.2) is 18.2 Å². The number of rotatable bonds is 6. The SMILES string of the molecule is CCN(CC)C(=O)C1CCc2c1c1cc(OC)ccc1n2CCO. The Kier molecular flexibility index (Phi) is 4.81. The first-order chi connectivity index (χ1) is 11.7. The van der Waals surface area contributed by atoms with Gasteiger partial charge in [0.1, 0.15) is 5.75 Å². The highest BCUT2D eigenvalue weighted by Crippen LogP contribution is 2.42. The average molecular weight is 330 g/mol. The van der Waals surface area contributed by atoms with Crippen LogP contribution in [0.25, 0.3) is 10.9 Å². The number of amides is 1. The predicted octanol–water partition coefficient (Wildman–Crippen LogP) is 2.54. The first-order valence-electron chi connectivity index (χ1n) is 8.74. The normalized spacial score (nSPS) is 16.4. The van der Waals surface area contributed by atoms with E-state index in [1.165, 1.54) is 5.69 Å². The second kappa shape index (κ2) is 6.85. The Morgan fingerprint density at radius 1 is 1.38 bits per heavy atom. The summed E-state index contributed by atoms with van der Waals surface area (Å²) in [5.41, 5.74) is 3.40. The molecule has 1 aromatic carbocycles. The van der Waals surface area contributed by atoms with E-state index >= 15 is 0 Å². The Balaban J connectivity index is 2.15. The topological polar surface area (TPSA) is 54.7 Å². The summed E-state index contributed by atoms with van der Waals surface area (Å²) in [5, 5.41) is 10.5. The van der Waals surface area contributed by atoms with Gasteiger partial charge in [0.05, 0.1) is 19.6 Å². The van der Waals surface area contributed by atoms with E-state index < -0.39 is 0 Å². The van der Waals surface area contributed by atoms with Crippen molar-refractivity contribution in [3.05, 3.63) is 29.5 Å². The van der Waals surface area contributed by atoms with E-state index in [1.807, 2.05) is 36.9 Å². The minimum atomic E-state index is -0.0885. The van der Waals surface area contributed by atoms with Gasteiger partial charge < -0.3 is 19.3 Å². The van der Waals surface area contributed by atoms with E-state index in [1.54, 1.807) is 7.11 Å². The van der Waals surface area contributed by atoms with E-state index in [4.69, 9.17) is 4.74 Å². The zero-order valence-corrected chi connectivity index (χ0v) is 14.7. The predicted molar refractivity (Wildman–Crippen MR) is 94.6 cm³/mol. The number of aliphatic hydroxyl groups excluding tert-OH is 1. The molecular formula is C19H26N2O3. The van der Waals surface area contributed by atoms with Crippen LogP contribution in [0.3, 0.4) is 0 Å². The molecule has 24 heavy (non-hydrogen) atoms. The summed E-state index contributed by atoms with van der Waals surface area (Å²) < 4.78 is 7.55. The lowest BCUT2D eigenvalue weighted by atomic mass is 9.98. The number of hydrogen-bond acceptors (Lipinski definition) is 3. The summed E-state index contributed by atoms with van der Waals surface area (Å²) in [6.45, 7) is 6.17. The van der Waals surface area contributed by atoms with Crippen molar-refractivity contribution < 1.29 is 14.6 Å². The molecule has 0 radical (unpaired) electrons. The number of aliphatic hydroxyl groups is 1. The number of ether oxygens (including phenoxy) is 1. The molecule has 1 unspecified atom stereocenters. The van der Waals surface area contributed by atoms with Gasteiger partial charge in [0.15, 0.2) is 0 Å². The summed E-state index contributed by atoms with van der Waals surface area (Å²) >= 11 is 0. The number of nitrogens with zero attached hydrogens (tertiary/aromatic N) is 2. The third kappa shape index (κ3) is 2.57. The highest BCUT2D eigenvalue weighted by Gasteiger charge is 2.35. The number of likely N-dealkylation sites (N-methyl/N-ethyl adjacent to an activating group) is 1. The molecule has 1 amide bonds. The molecule has 0 bridgehead atoms. The molecular weight excluding hydrogens is 304 g/mol. The van der Waals surface area contributed by atoms with Crippen LogP contribution in [0.1, 0.15) is 37.4 Å².